The molecule has 3 nitrogen and oxygen atoms in total. The zero-order valence-electron chi connectivity index (χ0n) is 11.8. The molecule has 1 N–H and O–H groups in total. The summed E-state index contributed by atoms with van der Waals surface area (Å²) in [6.07, 6.45) is 5.76. The van der Waals surface area contributed by atoms with Gasteiger partial charge in [0.15, 0.2) is 0 Å². The molecule has 0 aliphatic heterocycles. The van der Waals surface area contributed by atoms with Gasteiger partial charge in [-0.1, -0.05) is 6.92 Å². The van der Waals surface area contributed by atoms with Crippen molar-refractivity contribution in [3.05, 3.63) is 24.0 Å². The molecule has 18 heavy (non-hydrogen) atoms. The number of hydrogen-bond acceptors (Lipinski definition) is 3. The van der Waals surface area contributed by atoms with Gasteiger partial charge in [0.1, 0.15) is 0 Å². The molecule has 0 bridgehead atoms. The molecule has 1 aliphatic rings. The van der Waals surface area contributed by atoms with Crippen LogP contribution in [0.15, 0.2) is 18.3 Å². The van der Waals surface area contributed by atoms with E-state index >= 15 is 0 Å². The molecule has 0 aromatic carbocycles. The van der Waals surface area contributed by atoms with Crippen LogP contribution in [-0.4, -0.2) is 23.6 Å². The minimum Gasteiger partial charge on any atom is -0.369 e. The molecule has 3 heteroatoms. The van der Waals surface area contributed by atoms with Crippen LogP contribution in [0, 0.1) is 0 Å². The van der Waals surface area contributed by atoms with Gasteiger partial charge in [-0.05, 0) is 45.2 Å². The van der Waals surface area contributed by atoms with Gasteiger partial charge >= 0.3 is 0 Å². The predicted octanol–water partition coefficient (Wildman–Crippen LogP) is 2.96. The highest BCUT2D eigenvalue weighted by molar-refractivity contribution is 5.47. The van der Waals surface area contributed by atoms with Crippen molar-refractivity contribution < 1.29 is 0 Å². The van der Waals surface area contributed by atoms with Crippen LogP contribution >= 0.6 is 0 Å². The minimum absolute atomic E-state index is 0.585. The molecule has 1 saturated carbocycles. The molecule has 0 spiro atoms. The van der Waals surface area contributed by atoms with E-state index in [4.69, 9.17) is 0 Å². The summed E-state index contributed by atoms with van der Waals surface area (Å²) in [6, 6.07) is 5.68. The van der Waals surface area contributed by atoms with E-state index in [2.05, 4.69) is 48.1 Å². The fourth-order valence-corrected chi connectivity index (χ4v) is 2.25. The van der Waals surface area contributed by atoms with Crippen LogP contribution in [0.2, 0.25) is 0 Å². The van der Waals surface area contributed by atoms with E-state index in [1.807, 2.05) is 6.20 Å². The second-order valence-electron chi connectivity index (χ2n) is 5.20. The quantitative estimate of drug-likeness (QED) is 0.803. The lowest BCUT2D eigenvalue weighted by Crippen LogP contribution is -2.32. The van der Waals surface area contributed by atoms with Crippen molar-refractivity contribution in [2.24, 2.45) is 0 Å². The summed E-state index contributed by atoms with van der Waals surface area (Å²) < 4.78 is 0. The van der Waals surface area contributed by atoms with Crippen LogP contribution in [0.1, 0.15) is 45.7 Å². The number of rotatable bonds is 7. The van der Waals surface area contributed by atoms with E-state index in [0.717, 1.165) is 24.8 Å². The van der Waals surface area contributed by atoms with Crippen molar-refractivity contribution in [3.63, 3.8) is 0 Å². The fraction of sp³-hybridized carbons (Fsp3) is 0.667. The van der Waals surface area contributed by atoms with Crippen molar-refractivity contribution >= 4 is 5.69 Å². The molecule has 0 amide bonds. The summed E-state index contributed by atoms with van der Waals surface area (Å²) >= 11 is 0. The fourth-order valence-electron chi connectivity index (χ4n) is 2.25. The predicted molar refractivity (Wildman–Crippen MR) is 76.9 cm³/mol. The average Bonchev–Trinajstić information content (AvgIpc) is 3.21. The summed E-state index contributed by atoms with van der Waals surface area (Å²) in [7, 11) is 0. The first-order valence-corrected chi connectivity index (χ1v) is 7.19. The summed E-state index contributed by atoms with van der Waals surface area (Å²) in [4.78, 5) is 6.90. The topological polar surface area (TPSA) is 28.2 Å². The Balaban J connectivity index is 2.03. The zero-order valence-corrected chi connectivity index (χ0v) is 11.8. The molecular formula is C15H25N3. The van der Waals surface area contributed by atoms with Crippen LogP contribution in [0.5, 0.6) is 0 Å². The SMILES string of the molecule is CCC(C)N(CC)c1ccnc(CNC2CC2)c1. The normalized spacial score (nSPS) is 16.6. The molecule has 100 valence electrons. The van der Waals surface area contributed by atoms with Crippen molar-refractivity contribution in [1.29, 1.82) is 0 Å². The van der Waals surface area contributed by atoms with Crippen molar-refractivity contribution in [2.75, 3.05) is 11.4 Å². The number of aromatic nitrogens is 1. The Morgan fingerprint density at radius 1 is 1.44 bits per heavy atom. The molecule has 1 aromatic rings. The molecule has 1 aromatic heterocycles. The van der Waals surface area contributed by atoms with E-state index in [9.17, 15) is 0 Å². The summed E-state index contributed by atoms with van der Waals surface area (Å²) in [5, 5.41) is 3.52. The summed E-state index contributed by atoms with van der Waals surface area (Å²) in [6.45, 7) is 8.69. The summed E-state index contributed by atoms with van der Waals surface area (Å²) in [5.41, 5.74) is 2.45. The first-order valence-electron chi connectivity index (χ1n) is 7.19. The third-order valence-electron chi connectivity index (χ3n) is 3.74. The second kappa shape index (κ2) is 6.19. The molecule has 1 heterocycles. The van der Waals surface area contributed by atoms with Gasteiger partial charge in [-0.2, -0.15) is 0 Å². The number of hydrogen-bond donors (Lipinski definition) is 1. The minimum atomic E-state index is 0.585. The highest BCUT2D eigenvalue weighted by atomic mass is 15.2. The third kappa shape index (κ3) is 3.45. The number of nitrogens with zero attached hydrogens (tertiary/aromatic N) is 2. The van der Waals surface area contributed by atoms with Gasteiger partial charge in [-0.15, -0.1) is 0 Å². The van der Waals surface area contributed by atoms with Gasteiger partial charge in [0.05, 0.1) is 5.69 Å². The Hall–Kier alpha value is -1.09. The van der Waals surface area contributed by atoms with Gasteiger partial charge in [-0.3, -0.25) is 4.98 Å². The van der Waals surface area contributed by atoms with E-state index in [0.29, 0.717) is 6.04 Å². The molecule has 1 fully saturated rings. The van der Waals surface area contributed by atoms with E-state index in [1.54, 1.807) is 0 Å². The molecule has 1 aliphatic carbocycles. The van der Waals surface area contributed by atoms with Gasteiger partial charge in [0, 0.05) is 37.1 Å². The standard InChI is InChI=1S/C15H25N3/c1-4-12(3)18(5-2)15-8-9-16-14(10-15)11-17-13-6-7-13/h8-10,12-13,17H,4-7,11H2,1-3H3. The van der Waals surface area contributed by atoms with Crippen molar-refractivity contribution in [3.8, 4) is 0 Å². The first kappa shape index (κ1) is 13.3. The third-order valence-corrected chi connectivity index (χ3v) is 3.74. The average molecular weight is 247 g/mol. The lowest BCUT2D eigenvalue weighted by atomic mass is 10.2. The highest BCUT2D eigenvalue weighted by Gasteiger charge is 2.20. The van der Waals surface area contributed by atoms with E-state index in [-0.39, 0.29) is 0 Å². The van der Waals surface area contributed by atoms with Crippen LogP contribution in [0.3, 0.4) is 0 Å². The van der Waals surface area contributed by atoms with Gasteiger partial charge in [0.2, 0.25) is 0 Å². The lowest BCUT2D eigenvalue weighted by molar-refractivity contribution is 0.627. The Kier molecular flexibility index (Phi) is 4.59. The summed E-state index contributed by atoms with van der Waals surface area (Å²) in [5.74, 6) is 0. The monoisotopic (exact) mass is 247 g/mol. The van der Waals surface area contributed by atoms with Gasteiger partial charge in [0.25, 0.3) is 0 Å². The second-order valence-corrected chi connectivity index (χ2v) is 5.20. The Morgan fingerprint density at radius 3 is 2.83 bits per heavy atom. The van der Waals surface area contributed by atoms with Gasteiger partial charge < -0.3 is 10.2 Å². The molecule has 1 unspecified atom stereocenters. The van der Waals surface area contributed by atoms with Crippen LogP contribution in [0.25, 0.3) is 0 Å². The molecular weight excluding hydrogens is 222 g/mol. The van der Waals surface area contributed by atoms with Crippen LogP contribution in [-0.2, 0) is 6.54 Å². The highest BCUT2D eigenvalue weighted by Crippen LogP contribution is 2.21. The number of anilines is 1. The van der Waals surface area contributed by atoms with Crippen LogP contribution in [0.4, 0.5) is 5.69 Å². The maximum absolute atomic E-state index is 4.45. The number of pyridine rings is 1. The Bertz CT molecular complexity index is 374. The molecule has 2 rings (SSSR count). The van der Waals surface area contributed by atoms with Crippen molar-refractivity contribution in [1.82, 2.24) is 10.3 Å². The maximum atomic E-state index is 4.45. The van der Waals surface area contributed by atoms with Gasteiger partial charge in [-0.25, -0.2) is 0 Å². The van der Waals surface area contributed by atoms with E-state index < -0.39 is 0 Å². The first-order chi connectivity index (χ1) is 8.74. The smallest absolute Gasteiger partial charge is 0.0562 e. The Labute approximate surface area is 111 Å². The Morgan fingerprint density at radius 2 is 2.22 bits per heavy atom. The number of nitrogens with one attached hydrogen (secondary N) is 1. The molecule has 1 atom stereocenters. The maximum Gasteiger partial charge on any atom is 0.0562 e. The largest absolute Gasteiger partial charge is 0.369 e. The van der Waals surface area contributed by atoms with Crippen LogP contribution < -0.4 is 10.2 Å². The zero-order chi connectivity index (χ0) is 13.0. The lowest BCUT2D eigenvalue weighted by Gasteiger charge is -2.29. The van der Waals surface area contributed by atoms with E-state index in [1.165, 1.54) is 24.9 Å². The molecule has 0 radical (unpaired) electrons. The molecule has 0 saturated heterocycles. The van der Waals surface area contributed by atoms with Crippen molar-refractivity contribution in [2.45, 2.75) is 58.7 Å².